The normalized spacial score (nSPS) is 19.0. The quantitative estimate of drug-likeness (QED) is 0.165. The molecule has 5 nitrogen and oxygen atoms in total. The molecule has 0 amide bonds. The van der Waals surface area contributed by atoms with Crippen LogP contribution in [0.1, 0.15) is 215 Å². The number of aromatic amines is 2. The molecule has 3 N–H and O–H groups in total. The Morgan fingerprint density at radius 1 is 0.364 bits per heavy atom. The number of hydrogen-bond donors (Lipinski definition) is 3. The third-order valence-corrected chi connectivity index (χ3v) is 17.6. The molecular weight excluding hydrogens is 935 g/mol. The number of nitrogens with one attached hydrogen (secondary N) is 3. The first-order valence-corrected chi connectivity index (χ1v) is 28.5. The molecule has 1 aliphatic carbocycles. The van der Waals surface area contributed by atoms with E-state index in [0.717, 1.165) is 67.1 Å². The van der Waals surface area contributed by atoms with Gasteiger partial charge in [0.1, 0.15) is 0 Å². The molecule has 4 aliphatic heterocycles. The summed E-state index contributed by atoms with van der Waals surface area (Å²) in [6, 6.07) is 40.7. The molecule has 77 heavy (non-hydrogen) atoms. The van der Waals surface area contributed by atoms with Crippen LogP contribution in [-0.4, -0.2) is 19.9 Å². The summed E-state index contributed by atoms with van der Waals surface area (Å²) in [4.78, 5) is 20.2. The van der Waals surface area contributed by atoms with E-state index in [4.69, 9.17) is 9.97 Å². The van der Waals surface area contributed by atoms with Crippen LogP contribution in [0.2, 0.25) is 0 Å². The fourth-order valence-corrected chi connectivity index (χ4v) is 12.9. The van der Waals surface area contributed by atoms with E-state index in [1.54, 1.807) is 0 Å². The van der Waals surface area contributed by atoms with Crippen LogP contribution in [0.5, 0.6) is 0 Å². The van der Waals surface area contributed by atoms with Crippen molar-refractivity contribution in [3.8, 4) is 33.4 Å². The predicted octanol–water partition coefficient (Wildman–Crippen LogP) is 18.9. The van der Waals surface area contributed by atoms with Crippen LogP contribution in [0, 0.1) is 5.92 Å². The second-order valence-corrected chi connectivity index (χ2v) is 29.5. The average Bonchev–Trinajstić information content (AvgIpc) is 4.42. The largest absolute Gasteiger partial charge is 0.355 e. The molecule has 1 fully saturated rings. The van der Waals surface area contributed by atoms with Gasteiger partial charge in [-0.15, -0.1) is 0 Å². The summed E-state index contributed by atoms with van der Waals surface area (Å²) in [7, 11) is 0. The first-order valence-electron chi connectivity index (χ1n) is 28.5. The maximum absolute atomic E-state index is 5.99. The van der Waals surface area contributed by atoms with Gasteiger partial charge in [0, 0.05) is 68.2 Å². The van der Waals surface area contributed by atoms with Gasteiger partial charge in [0.15, 0.2) is 0 Å². The Morgan fingerprint density at radius 2 is 0.701 bits per heavy atom. The molecule has 0 unspecified atom stereocenters. The number of nitrogens with zero attached hydrogens (tertiary/aromatic N) is 2. The standard InChI is InChI=1S/C72H81N5/c1-67(2,3)42-29-39(30-43(35-42)68(4,5)6)58-51-23-24-52(73-51)59(40-31-44(69(7,8)9)36-45(32-40)70(10,11)12)54-27-28-56(75-54)62-63-61(64-48-21-19-20-22-49(48)65(63)77-64)50-38-57(76-66(50)62)60(55-26-25-53(58)74-55)41-33-46(71(13,14)15)37-47(34-41)72(16,17)18/h19-38,61,63-65,74-75,77H,1-18H3/t61-,63-,64+,65-/m1/s1. The lowest BCUT2D eigenvalue weighted by molar-refractivity contribution is 0.532. The Kier molecular flexibility index (Phi) is 11.3. The van der Waals surface area contributed by atoms with Crippen molar-refractivity contribution in [1.82, 2.24) is 25.3 Å². The monoisotopic (exact) mass is 1020 g/mol. The molecule has 394 valence electrons. The molecule has 5 aliphatic rings. The topological polar surface area (TPSA) is 69.4 Å². The highest BCUT2D eigenvalue weighted by molar-refractivity contribution is 6.01. The molecule has 10 bridgehead atoms. The van der Waals surface area contributed by atoms with E-state index in [1.165, 1.54) is 66.8 Å². The van der Waals surface area contributed by atoms with E-state index in [0.29, 0.717) is 0 Å². The van der Waals surface area contributed by atoms with Gasteiger partial charge < -0.3 is 15.3 Å². The zero-order valence-corrected chi connectivity index (χ0v) is 49.3. The Labute approximate surface area is 459 Å². The van der Waals surface area contributed by atoms with Crippen molar-refractivity contribution < 1.29 is 0 Å². The fraction of sp³-hybridized carbons (Fsp3) is 0.389. The minimum Gasteiger partial charge on any atom is -0.355 e. The van der Waals surface area contributed by atoms with Gasteiger partial charge in [0.05, 0.1) is 22.8 Å². The molecule has 0 spiro atoms. The number of aromatic nitrogens is 4. The first-order chi connectivity index (χ1) is 35.9. The molecule has 7 heterocycles. The van der Waals surface area contributed by atoms with Gasteiger partial charge in [0.2, 0.25) is 0 Å². The smallest absolute Gasteiger partial charge is 0.0740 e. The third-order valence-electron chi connectivity index (χ3n) is 17.6. The molecule has 0 radical (unpaired) electrons. The Balaban J connectivity index is 1.27. The summed E-state index contributed by atoms with van der Waals surface area (Å²) in [6.45, 7) is 42.0. The van der Waals surface area contributed by atoms with E-state index in [9.17, 15) is 0 Å². The number of H-pyrrole nitrogens is 2. The Morgan fingerprint density at radius 3 is 1.08 bits per heavy atom. The zero-order chi connectivity index (χ0) is 54.8. The van der Waals surface area contributed by atoms with Crippen molar-refractivity contribution >= 4 is 45.9 Å². The first kappa shape index (κ1) is 51.2. The van der Waals surface area contributed by atoms with Gasteiger partial charge in [-0.25, -0.2) is 9.97 Å². The summed E-state index contributed by atoms with van der Waals surface area (Å²) in [6.07, 6.45) is 7.02. The van der Waals surface area contributed by atoms with Gasteiger partial charge in [0.25, 0.3) is 0 Å². The van der Waals surface area contributed by atoms with Crippen molar-refractivity contribution in [3.05, 3.63) is 176 Å². The highest BCUT2D eigenvalue weighted by Gasteiger charge is 2.58. The van der Waals surface area contributed by atoms with Crippen LogP contribution in [-0.2, 0) is 32.5 Å². The lowest BCUT2D eigenvalue weighted by Crippen LogP contribution is -2.16. The predicted molar refractivity (Wildman–Crippen MR) is 328 cm³/mol. The molecule has 0 saturated carbocycles. The van der Waals surface area contributed by atoms with E-state index in [-0.39, 0.29) is 56.4 Å². The number of benzene rings is 4. The SMILES string of the molecule is CC(C)(C)c1cc(-c2c3nc(c(-c4cc(C(C)(C)C)cc(C(C)(C)C)c4)c4ccc([nH]4)c4c5nc(c(-c6cc(C(C)(C)C)cc(C(C)(C)C)c6)c6ccc2[nH]6)C=C5[C@@H]2[C@H]4[C@@H]4N[C@H]2c2ccccc24)C=C3)cc(C(C)(C)C)c1. The van der Waals surface area contributed by atoms with E-state index < -0.39 is 0 Å². The van der Waals surface area contributed by atoms with Crippen LogP contribution in [0.25, 0.3) is 79.2 Å². The molecule has 4 aromatic carbocycles. The van der Waals surface area contributed by atoms with Gasteiger partial charge in [-0.1, -0.05) is 203 Å². The van der Waals surface area contributed by atoms with Crippen LogP contribution in [0.15, 0.2) is 103 Å². The lowest BCUT2D eigenvalue weighted by Gasteiger charge is -2.27. The lowest BCUT2D eigenvalue weighted by atomic mass is 9.75. The maximum Gasteiger partial charge on any atom is 0.0740 e. The molecule has 7 aromatic rings. The van der Waals surface area contributed by atoms with Gasteiger partial charge in [-0.05, 0) is 142 Å². The molecule has 4 atom stereocenters. The molecular formula is C72H81N5. The Bertz CT molecular complexity index is 3760. The third kappa shape index (κ3) is 8.62. The summed E-state index contributed by atoms with van der Waals surface area (Å²) in [5.74, 6) is 0.442. The minimum atomic E-state index is -0.0889. The summed E-state index contributed by atoms with van der Waals surface area (Å²) in [5.41, 5.74) is 27.9. The van der Waals surface area contributed by atoms with Crippen LogP contribution >= 0.6 is 0 Å². The summed E-state index contributed by atoms with van der Waals surface area (Å²) >= 11 is 0. The Hall–Kier alpha value is -6.56. The second kappa shape index (κ2) is 17.0. The average molecular weight is 1020 g/mol. The summed E-state index contributed by atoms with van der Waals surface area (Å²) in [5, 5.41) is 4.17. The molecule has 12 rings (SSSR count). The number of hydrogen-bond acceptors (Lipinski definition) is 3. The van der Waals surface area contributed by atoms with Crippen molar-refractivity contribution in [3.63, 3.8) is 0 Å². The summed E-state index contributed by atoms with van der Waals surface area (Å²) < 4.78 is 0. The number of rotatable bonds is 3. The van der Waals surface area contributed by atoms with Crippen molar-refractivity contribution in [2.45, 2.75) is 175 Å². The van der Waals surface area contributed by atoms with Gasteiger partial charge in [-0.3, -0.25) is 0 Å². The van der Waals surface area contributed by atoms with Crippen LogP contribution < -0.4 is 5.32 Å². The highest BCUT2D eigenvalue weighted by Crippen LogP contribution is 2.66. The van der Waals surface area contributed by atoms with Gasteiger partial charge >= 0.3 is 0 Å². The van der Waals surface area contributed by atoms with E-state index in [1.807, 2.05) is 0 Å². The van der Waals surface area contributed by atoms with E-state index in [2.05, 4.69) is 261 Å². The fourth-order valence-electron chi connectivity index (χ4n) is 12.9. The highest BCUT2D eigenvalue weighted by atomic mass is 15.1. The minimum absolute atomic E-state index is 0.0783. The molecule has 5 heteroatoms. The molecule has 3 aromatic heterocycles. The number of fused-ring (bicyclic) bond motifs is 18. The van der Waals surface area contributed by atoms with Crippen molar-refractivity contribution in [1.29, 1.82) is 0 Å². The van der Waals surface area contributed by atoms with Gasteiger partial charge in [-0.2, -0.15) is 0 Å². The van der Waals surface area contributed by atoms with Crippen molar-refractivity contribution in [2.75, 3.05) is 0 Å². The zero-order valence-electron chi connectivity index (χ0n) is 49.3. The maximum atomic E-state index is 5.99. The van der Waals surface area contributed by atoms with E-state index >= 15 is 0 Å². The van der Waals surface area contributed by atoms with Crippen molar-refractivity contribution in [2.24, 2.45) is 5.92 Å². The molecule has 1 saturated heterocycles. The van der Waals surface area contributed by atoms with Crippen LogP contribution in [0.4, 0.5) is 0 Å². The van der Waals surface area contributed by atoms with Crippen LogP contribution in [0.3, 0.4) is 0 Å². The second-order valence-electron chi connectivity index (χ2n) is 29.5.